The molecule has 0 N–H and O–H groups in total. The second-order valence-corrected chi connectivity index (χ2v) is 5.15. The van der Waals surface area contributed by atoms with Crippen LogP contribution in [0.5, 0.6) is 0 Å². The first-order valence-electron chi connectivity index (χ1n) is 6.01. The fourth-order valence-corrected chi connectivity index (χ4v) is 1.79. The van der Waals surface area contributed by atoms with Crippen molar-refractivity contribution in [3.05, 3.63) is 10.4 Å². The third kappa shape index (κ3) is 4.09. The van der Waals surface area contributed by atoms with E-state index >= 15 is 0 Å². The second kappa shape index (κ2) is 5.93. The first-order valence-corrected chi connectivity index (χ1v) is 6.01. The van der Waals surface area contributed by atoms with E-state index < -0.39 is 11.7 Å². The monoisotopic (exact) mass is 256 g/mol. The van der Waals surface area contributed by atoms with E-state index in [0.717, 1.165) is 0 Å². The summed E-state index contributed by atoms with van der Waals surface area (Å²) in [6.07, 6.45) is -0.652. The maximum absolute atomic E-state index is 11.9. The van der Waals surface area contributed by atoms with Gasteiger partial charge in [0.05, 0.1) is 18.7 Å². The largest absolute Gasteiger partial charge is 0.444 e. The van der Waals surface area contributed by atoms with E-state index in [1.165, 1.54) is 4.90 Å². The molecule has 0 radical (unpaired) electrons. The number of rotatable bonds is 3. The Labute approximate surface area is 107 Å². The lowest BCUT2D eigenvalue weighted by Gasteiger charge is -2.24. The van der Waals surface area contributed by atoms with Gasteiger partial charge in [0.1, 0.15) is 5.60 Å². The number of azide groups is 1. The second-order valence-electron chi connectivity index (χ2n) is 5.15. The quantitative estimate of drug-likeness (QED) is 0.441. The lowest BCUT2D eigenvalue weighted by atomic mass is 10.2. The molecular weight excluding hydrogens is 236 g/mol. The highest BCUT2D eigenvalue weighted by Crippen LogP contribution is 2.20. The van der Waals surface area contributed by atoms with Crippen LogP contribution in [0.2, 0.25) is 0 Å². The SMILES string of the molecule is CCO[C@H]1CN(C(=O)OC(C)(C)C)C[C@@H]1N=[N+]=[N-]. The summed E-state index contributed by atoms with van der Waals surface area (Å²) in [6.45, 7) is 8.55. The van der Waals surface area contributed by atoms with Crippen molar-refractivity contribution in [3.8, 4) is 0 Å². The number of amides is 1. The van der Waals surface area contributed by atoms with Crippen molar-refractivity contribution >= 4 is 6.09 Å². The average molecular weight is 256 g/mol. The molecule has 0 saturated carbocycles. The summed E-state index contributed by atoms with van der Waals surface area (Å²) in [5.41, 5.74) is 7.96. The van der Waals surface area contributed by atoms with Gasteiger partial charge in [-0.15, -0.1) is 0 Å². The molecule has 0 aromatic heterocycles. The number of carbonyl (C=O) groups excluding carboxylic acids is 1. The number of hydrogen-bond donors (Lipinski definition) is 0. The maximum atomic E-state index is 11.9. The van der Waals surface area contributed by atoms with Crippen LogP contribution in [0.4, 0.5) is 4.79 Å². The van der Waals surface area contributed by atoms with Crippen molar-refractivity contribution in [2.45, 2.75) is 45.4 Å². The van der Waals surface area contributed by atoms with Crippen molar-refractivity contribution < 1.29 is 14.3 Å². The third-order valence-corrected chi connectivity index (χ3v) is 2.47. The van der Waals surface area contributed by atoms with E-state index in [1.807, 2.05) is 27.7 Å². The van der Waals surface area contributed by atoms with Crippen molar-refractivity contribution in [1.29, 1.82) is 0 Å². The number of hydrogen-bond acceptors (Lipinski definition) is 4. The van der Waals surface area contributed by atoms with E-state index in [0.29, 0.717) is 19.7 Å². The van der Waals surface area contributed by atoms with Crippen LogP contribution >= 0.6 is 0 Å². The van der Waals surface area contributed by atoms with Gasteiger partial charge in [0, 0.05) is 18.1 Å². The highest BCUT2D eigenvalue weighted by molar-refractivity contribution is 5.68. The van der Waals surface area contributed by atoms with E-state index in [-0.39, 0.29) is 12.1 Å². The van der Waals surface area contributed by atoms with Gasteiger partial charge in [-0.05, 0) is 33.2 Å². The molecule has 1 amide bonds. The van der Waals surface area contributed by atoms with Gasteiger partial charge in [-0.3, -0.25) is 0 Å². The Kier molecular flexibility index (Phi) is 4.81. The molecule has 1 aliphatic rings. The number of carbonyl (C=O) groups is 1. The van der Waals surface area contributed by atoms with E-state index in [4.69, 9.17) is 15.0 Å². The molecule has 102 valence electrons. The minimum atomic E-state index is -0.533. The minimum Gasteiger partial charge on any atom is -0.444 e. The van der Waals surface area contributed by atoms with Crippen LogP contribution in [0.1, 0.15) is 27.7 Å². The smallest absolute Gasteiger partial charge is 0.410 e. The minimum absolute atomic E-state index is 0.251. The van der Waals surface area contributed by atoms with E-state index in [9.17, 15) is 4.79 Å². The molecule has 18 heavy (non-hydrogen) atoms. The zero-order valence-corrected chi connectivity index (χ0v) is 11.3. The zero-order valence-electron chi connectivity index (χ0n) is 11.3. The van der Waals surface area contributed by atoms with Gasteiger partial charge in [0.15, 0.2) is 0 Å². The van der Waals surface area contributed by atoms with Gasteiger partial charge < -0.3 is 14.4 Å². The summed E-state index contributed by atoms with van der Waals surface area (Å²) < 4.78 is 10.7. The highest BCUT2D eigenvalue weighted by Gasteiger charge is 2.37. The van der Waals surface area contributed by atoms with Crippen molar-refractivity contribution in [3.63, 3.8) is 0 Å². The van der Waals surface area contributed by atoms with Crippen LogP contribution in [0.25, 0.3) is 10.4 Å². The fraction of sp³-hybridized carbons (Fsp3) is 0.909. The Balaban J connectivity index is 2.65. The summed E-state index contributed by atoms with van der Waals surface area (Å²) in [6, 6.07) is -0.345. The third-order valence-electron chi connectivity index (χ3n) is 2.47. The average Bonchev–Trinajstić information content (AvgIpc) is 2.61. The summed E-state index contributed by atoms with van der Waals surface area (Å²) in [5.74, 6) is 0. The molecule has 2 atom stereocenters. The molecule has 1 fully saturated rings. The van der Waals surface area contributed by atoms with Crippen LogP contribution < -0.4 is 0 Å². The van der Waals surface area contributed by atoms with E-state index in [1.54, 1.807) is 0 Å². The van der Waals surface area contributed by atoms with Crippen LogP contribution in [-0.4, -0.2) is 48.4 Å². The molecule has 1 heterocycles. The fourth-order valence-electron chi connectivity index (χ4n) is 1.79. The Morgan fingerprint density at radius 1 is 1.50 bits per heavy atom. The number of likely N-dealkylation sites (tertiary alicyclic amines) is 1. The maximum Gasteiger partial charge on any atom is 0.410 e. The Morgan fingerprint density at radius 3 is 2.67 bits per heavy atom. The predicted octanol–water partition coefficient (Wildman–Crippen LogP) is 2.32. The normalized spacial score (nSPS) is 23.7. The lowest BCUT2D eigenvalue weighted by Crippen LogP contribution is -2.36. The predicted molar refractivity (Wildman–Crippen MR) is 66.2 cm³/mol. The zero-order chi connectivity index (χ0) is 13.8. The molecule has 0 aliphatic carbocycles. The first kappa shape index (κ1) is 14.6. The van der Waals surface area contributed by atoms with Crippen LogP contribution in [0.15, 0.2) is 5.11 Å². The summed E-state index contributed by atoms with van der Waals surface area (Å²) in [4.78, 5) is 16.2. The molecule has 1 aliphatic heterocycles. The van der Waals surface area contributed by atoms with Gasteiger partial charge in [-0.1, -0.05) is 5.11 Å². The molecule has 7 nitrogen and oxygen atoms in total. The molecule has 0 unspecified atom stereocenters. The van der Waals surface area contributed by atoms with Gasteiger partial charge in [-0.25, -0.2) is 4.79 Å². The van der Waals surface area contributed by atoms with Crippen LogP contribution in [-0.2, 0) is 9.47 Å². The number of nitrogens with zero attached hydrogens (tertiary/aromatic N) is 4. The van der Waals surface area contributed by atoms with Crippen molar-refractivity contribution in [2.24, 2.45) is 5.11 Å². The molecular formula is C11H20N4O3. The number of ether oxygens (including phenoxy) is 2. The first-order chi connectivity index (χ1) is 8.37. The molecule has 0 aromatic rings. The van der Waals surface area contributed by atoms with Crippen molar-refractivity contribution in [2.75, 3.05) is 19.7 Å². The molecule has 1 rings (SSSR count). The topological polar surface area (TPSA) is 87.5 Å². The van der Waals surface area contributed by atoms with Gasteiger partial charge >= 0.3 is 6.09 Å². The van der Waals surface area contributed by atoms with Crippen molar-refractivity contribution in [1.82, 2.24) is 4.90 Å². The molecule has 7 heteroatoms. The summed E-state index contributed by atoms with van der Waals surface area (Å²) in [7, 11) is 0. The standard InChI is InChI=1S/C11H20N4O3/c1-5-17-9-7-15(6-8(9)13-14-12)10(16)18-11(2,3)4/h8-9H,5-7H2,1-4H3/t8-,9-/m0/s1. The molecule has 1 saturated heterocycles. The Hall–Kier alpha value is -1.46. The Morgan fingerprint density at radius 2 is 2.17 bits per heavy atom. The van der Waals surface area contributed by atoms with Crippen LogP contribution in [0.3, 0.4) is 0 Å². The highest BCUT2D eigenvalue weighted by atomic mass is 16.6. The van der Waals surface area contributed by atoms with Gasteiger partial charge in [0.2, 0.25) is 0 Å². The van der Waals surface area contributed by atoms with Gasteiger partial charge in [-0.2, -0.15) is 0 Å². The molecule has 0 spiro atoms. The van der Waals surface area contributed by atoms with E-state index in [2.05, 4.69) is 10.0 Å². The van der Waals surface area contributed by atoms with Crippen LogP contribution in [0, 0.1) is 0 Å². The summed E-state index contributed by atoms with van der Waals surface area (Å²) in [5, 5.41) is 3.66. The van der Waals surface area contributed by atoms with Gasteiger partial charge in [0.25, 0.3) is 0 Å². The summed E-state index contributed by atoms with van der Waals surface area (Å²) >= 11 is 0. The molecule has 0 aromatic carbocycles. The molecule has 0 bridgehead atoms. The Bertz CT molecular complexity index is 347. The lowest BCUT2D eigenvalue weighted by molar-refractivity contribution is 0.0220.